The minimum atomic E-state index is -0.879. The normalized spacial score (nSPS) is 13.0. The fraction of sp³-hybridized carbons (Fsp3) is 0.0769. The Kier molecular flexibility index (Phi) is 6.13. The highest BCUT2D eigenvalue weighted by Gasteiger charge is 2.36. The van der Waals surface area contributed by atoms with E-state index in [1.807, 2.05) is 13.0 Å². The fourth-order valence-electron chi connectivity index (χ4n) is 3.32. The van der Waals surface area contributed by atoms with Crippen LogP contribution in [-0.4, -0.2) is 35.3 Å². The first-order valence-corrected chi connectivity index (χ1v) is 10.2. The second-order valence-electron chi connectivity index (χ2n) is 7.43. The maximum atomic E-state index is 12.9. The summed E-state index contributed by atoms with van der Waals surface area (Å²) in [5, 5.41) is 2.58. The first kappa shape index (κ1) is 21.7. The Bertz CT molecular complexity index is 1230. The molecule has 164 valence electrons. The molecule has 1 aliphatic heterocycles. The van der Waals surface area contributed by atoms with Crippen LogP contribution in [0.2, 0.25) is 0 Å². The molecule has 0 aliphatic carbocycles. The summed E-state index contributed by atoms with van der Waals surface area (Å²) in [6, 6.07) is 22.2. The molecule has 0 radical (unpaired) electrons. The topological polar surface area (TPSA) is 92.8 Å². The largest absolute Gasteiger partial charge is 0.439 e. The minimum Gasteiger partial charge on any atom is -0.439 e. The Hall–Kier alpha value is -4.52. The van der Waals surface area contributed by atoms with Gasteiger partial charge < -0.3 is 10.1 Å². The van der Waals surface area contributed by atoms with Gasteiger partial charge in [0.2, 0.25) is 0 Å². The number of amides is 3. The number of hydrogen-bond donors (Lipinski definition) is 1. The third-order valence-electron chi connectivity index (χ3n) is 5.10. The molecular weight excluding hydrogens is 420 g/mol. The Morgan fingerprint density at radius 1 is 0.848 bits per heavy atom. The SMILES string of the molecule is Cc1ccc(C(=O)NC(=Cc2ccccc2)C(=O)OCN2C(=O)c3ccccc3C2=O)cc1. The summed E-state index contributed by atoms with van der Waals surface area (Å²) in [6.45, 7) is 1.33. The van der Waals surface area contributed by atoms with Crippen molar-refractivity contribution in [3.8, 4) is 0 Å². The van der Waals surface area contributed by atoms with Crippen LogP contribution in [0.3, 0.4) is 0 Å². The fourth-order valence-corrected chi connectivity index (χ4v) is 3.32. The summed E-state index contributed by atoms with van der Waals surface area (Å²) < 4.78 is 5.25. The molecule has 7 heteroatoms. The Balaban J connectivity index is 1.52. The molecule has 1 heterocycles. The highest BCUT2D eigenvalue weighted by atomic mass is 16.5. The van der Waals surface area contributed by atoms with Crippen LogP contribution < -0.4 is 5.32 Å². The lowest BCUT2D eigenvalue weighted by atomic mass is 10.1. The number of nitrogens with zero attached hydrogens (tertiary/aromatic N) is 1. The summed E-state index contributed by atoms with van der Waals surface area (Å²) in [5.41, 5.74) is 2.41. The minimum absolute atomic E-state index is 0.122. The van der Waals surface area contributed by atoms with Crippen molar-refractivity contribution in [2.24, 2.45) is 0 Å². The van der Waals surface area contributed by atoms with Gasteiger partial charge in [0.1, 0.15) is 5.70 Å². The van der Waals surface area contributed by atoms with E-state index < -0.39 is 30.4 Å². The van der Waals surface area contributed by atoms with Crippen LogP contribution in [0.25, 0.3) is 6.08 Å². The lowest BCUT2D eigenvalue weighted by Gasteiger charge is -2.15. The van der Waals surface area contributed by atoms with E-state index in [1.165, 1.54) is 6.08 Å². The lowest BCUT2D eigenvalue weighted by molar-refractivity contribution is -0.141. The molecule has 3 amide bonds. The monoisotopic (exact) mass is 440 g/mol. The van der Waals surface area contributed by atoms with Crippen molar-refractivity contribution in [3.63, 3.8) is 0 Å². The Labute approximate surface area is 190 Å². The standard InChI is InChI=1S/C26H20N2O5/c1-17-11-13-19(14-12-17)23(29)27-22(15-18-7-3-2-4-8-18)26(32)33-16-28-24(30)20-9-5-6-10-21(20)25(28)31/h2-15H,16H2,1H3,(H,27,29). The highest BCUT2D eigenvalue weighted by Crippen LogP contribution is 2.22. The van der Waals surface area contributed by atoms with E-state index in [9.17, 15) is 19.2 Å². The summed E-state index contributed by atoms with van der Waals surface area (Å²) >= 11 is 0. The number of aryl methyl sites for hydroxylation is 1. The molecule has 1 aliphatic rings. The first-order valence-electron chi connectivity index (χ1n) is 10.2. The molecule has 0 fully saturated rings. The maximum absolute atomic E-state index is 12.9. The van der Waals surface area contributed by atoms with Gasteiger partial charge in [0, 0.05) is 5.56 Å². The van der Waals surface area contributed by atoms with Gasteiger partial charge in [-0.15, -0.1) is 0 Å². The molecule has 0 atom stereocenters. The van der Waals surface area contributed by atoms with Crippen molar-refractivity contribution in [3.05, 3.63) is 112 Å². The zero-order valence-electron chi connectivity index (χ0n) is 17.8. The summed E-state index contributed by atoms with van der Waals surface area (Å²) in [4.78, 5) is 51.4. The molecule has 0 bridgehead atoms. The van der Waals surface area contributed by atoms with Gasteiger partial charge in [-0.25, -0.2) is 9.69 Å². The zero-order valence-corrected chi connectivity index (χ0v) is 17.8. The van der Waals surface area contributed by atoms with E-state index in [0.717, 1.165) is 10.5 Å². The van der Waals surface area contributed by atoms with Crippen LogP contribution in [0.15, 0.2) is 84.6 Å². The van der Waals surface area contributed by atoms with Crippen molar-refractivity contribution in [1.82, 2.24) is 10.2 Å². The van der Waals surface area contributed by atoms with Crippen LogP contribution in [0.5, 0.6) is 0 Å². The number of fused-ring (bicyclic) bond motifs is 1. The lowest BCUT2D eigenvalue weighted by Crippen LogP contribution is -2.35. The molecule has 0 aromatic heterocycles. The molecule has 0 saturated carbocycles. The highest BCUT2D eigenvalue weighted by molar-refractivity contribution is 6.21. The number of rotatable bonds is 6. The van der Waals surface area contributed by atoms with E-state index in [4.69, 9.17) is 4.74 Å². The predicted octanol–water partition coefficient (Wildman–Crippen LogP) is 3.56. The molecule has 0 spiro atoms. The maximum Gasteiger partial charge on any atom is 0.356 e. The number of ether oxygens (including phenoxy) is 1. The molecule has 3 aromatic carbocycles. The molecule has 0 saturated heterocycles. The van der Waals surface area contributed by atoms with Crippen LogP contribution in [0.1, 0.15) is 42.2 Å². The van der Waals surface area contributed by atoms with E-state index >= 15 is 0 Å². The van der Waals surface area contributed by atoms with Crippen molar-refractivity contribution in [2.75, 3.05) is 6.73 Å². The first-order chi connectivity index (χ1) is 15.9. The number of carbonyl (C=O) groups is 4. The summed E-state index contributed by atoms with van der Waals surface area (Å²) in [7, 11) is 0. The Morgan fingerprint density at radius 3 is 2.03 bits per heavy atom. The average Bonchev–Trinajstić information content (AvgIpc) is 3.08. The molecule has 1 N–H and O–H groups in total. The Morgan fingerprint density at radius 2 is 1.42 bits per heavy atom. The number of benzene rings is 3. The van der Waals surface area contributed by atoms with Crippen molar-refractivity contribution < 1.29 is 23.9 Å². The van der Waals surface area contributed by atoms with Crippen LogP contribution >= 0.6 is 0 Å². The van der Waals surface area contributed by atoms with Crippen LogP contribution in [0, 0.1) is 6.92 Å². The van der Waals surface area contributed by atoms with Gasteiger partial charge in [-0.05, 0) is 42.8 Å². The van der Waals surface area contributed by atoms with Gasteiger partial charge >= 0.3 is 5.97 Å². The van der Waals surface area contributed by atoms with Gasteiger partial charge in [0.25, 0.3) is 17.7 Å². The second-order valence-corrected chi connectivity index (χ2v) is 7.43. The van der Waals surface area contributed by atoms with E-state index in [0.29, 0.717) is 11.1 Å². The van der Waals surface area contributed by atoms with Crippen molar-refractivity contribution >= 4 is 29.8 Å². The average molecular weight is 440 g/mol. The summed E-state index contributed by atoms with van der Waals surface area (Å²) in [5.74, 6) is -2.45. The number of esters is 1. The van der Waals surface area contributed by atoms with E-state index in [1.54, 1.807) is 72.8 Å². The molecule has 7 nitrogen and oxygen atoms in total. The number of carbonyl (C=O) groups excluding carboxylic acids is 4. The molecule has 33 heavy (non-hydrogen) atoms. The second kappa shape index (κ2) is 9.32. The van der Waals surface area contributed by atoms with Gasteiger partial charge in [0.05, 0.1) is 11.1 Å². The van der Waals surface area contributed by atoms with E-state index in [-0.39, 0.29) is 16.8 Å². The molecular formula is C26H20N2O5. The van der Waals surface area contributed by atoms with Gasteiger partial charge in [-0.1, -0.05) is 60.2 Å². The molecule has 0 unspecified atom stereocenters. The van der Waals surface area contributed by atoms with Crippen molar-refractivity contribution in [2.45, 2.75) is 6.92 Å². The number of imide groups is 1. The number of nitrogens with one attached hydrogen (secondary N) is 1. The summed E-state index contributed by atoms with van der Waals surface area (Å²) in [6.07, 6.45) is 1.47. The predicted molar refractivity (Wildman–Crippen MR) is 121 cm³/mol. The quantitative estimate of drug-likeness (QED) is 0.359. The van der Waals surface area contributed by atoms with Crippen LogP contribution in [0.4, 0.5) is 0 Å². The molecule has 4 rings (SSSR count). The molecule has 3 aromatic rings. The van der Waals surface area contributed by atoms with Gasteiger partial charge in [-0.2, -0.15) is 0 Å². The third-order valence-corrected chi connectivity index (χ3v) is 5.10. The van der Waals surface area contributed by atoms with Gasteiger partial charge in [0.15, 0.2) is 6.73 Å². The zero-order chi connectivity index (χ0) is 23.4. The van der Waals surface area contributed by atoms with E-state index in [2.05, 4.69) is 5.32 Å². The smallest absolute Gasteiger partial charge is 0.356 e. The van der Waals surface area contributed by atoms with Crippen molar-refractivity contribution in [1.29, 1.82) is 0 Å². The van der Waals surface area contributed by atoms with Crippen LogP contribution in [-0.2, 0) is 9.53 Å². The number of hydrogen-bond acceptors (Lipinski definition) is 5. The van der Waals surface area contributed by atoms with Gasteiger partial charge in [-0.3, -0.25) is 14.4 Å². The third kappa shape index (κ3) is 4.72.